The van der Waals surface area contributed by atoms with Crippen molar-refractivity contribution in [3.63, 3.8) is 0 Å². The summed E-state index contributed by atoms with van der Waals surface area (Å²) in [4.78, 5) is 12.0. The number of carbonyl (C=O) groups is 1. The van der Waals surface area contributed by atoms with Crippen molar-refractivity contribution in [2.24, 2.45) is 0 Å². The molecule has 0 spiro atoms. The molecule has 1 saturated heterocycles. The van der Waals surface area contributed by atoms with Crippen LogP contribution in [0.4, 0.5) is 0 Å². The maximum absolute atomic E-state index is 12.0. The first-order valence-electron chi connectivity index (χ1n) is 9.05. The molecule has 10 heteroatoms. The first-order valence-corrected chi connectivity index (χ1v) is 9.05. The van der Waals surface area contributed by atoms with Gasteiger partial charge >= 0.3 is 5.97 Å². The number of ether oxygens (including phenoxy) is 3. The Balaban J connectivity index is 1.62. The Morgan fingerprint density at radius 1 is 0.967 bits per heavy atom. The molecule has 2 aromatic rings. The Labute approximate surface area is 171 Å². The molecule has 162 valence electrons. The predicted molar refractivity (Wildman–Crippen MR) is 99.7 cm³/mol. The Bertz CT molecular complexity index is 866. The maximum atomic E-state index is 12.0. The van der Waals surface area contributed by atoms with E-state index in [1.54, 1.807) is 0 Å². The zero-order valence-corrected chi connectivity index (χ0v) is 15.7. The molecule has 30 heavy (non-hydrogen) atoms. The standard InChI is InChI=1S/C20H22O10/c21-8-15-16(24)17(25)18(26)20(30-15)29-14-6-1-10(7-13(14)23)9-28-19(27)11-2-4-12(22)5-3-11/h1-7,15-18,20-26H,8-9H2/t15-,16-,17+,18-,20+/m1/s1. The fourth-order valence-electron chi connectivity index (χ4n) is 2.87. The second-order valence-electron chi connectivity index (χ2n) is 6.74. The smallest absolute Gasteiger partial charge is 0.338 e. The lowest BCUT2D eigenvalue weighted by molar-refractivity contribution is -0.277. The van der Waals surface area contributed by atoms with Crippen molar-refractivity contribution < 1.29 is 49.6 Å². The highest BCUT2D eigenvalue weighted by molar-refractivity contribution is 5.89. The lowest BCUT2D eigenvalue weighted by Gasteiger charge is -2.39. The summed E-state index contributed by atoms with van der Waals surface area (Å²) in [5.74, 6) is -1.03. The Kier molecular flexibility index (Phi) is 6.75. The number of hydrogen-bond acceptors (Lipinski definition) is 10. The topological polar surface area (TPSA) is 166 Å². The minimum absolute atomic E-state index is 0.0199. The minimum Gasteiger partial charge on any atom is -0.508 e. The third kappa shape index (κ3) is 4.81. The van der Waals surface area contributed by atoms with Crippen LogP contribution in [0.15, 0.2) is 42.5 Å². The highest BCUT2D eigenvalue weighted by atomic mass is 16.7. The lowest BCUT2D eigenvalue weighted by atomic mass is 9.99. The summed E-state index contributed by atoms with van der Waals surface area (Å²) in [5.41, 5.74) is 0.695. The van der Waals surface area contributed by atoms with Crippen molar-refractivity contribution >= 4 is 5.97 Å². The summed E-state index contributed by atoms with van der Waals surface area (Å²) in [6.07, 6.45) is -7.34. The number of hydrogen-bond donors (Lipinski definition) is 6. The van der Waals surface area contributed by atoms with Gasteiger partial charge in [-0.15, -0.1) is 0 Å². The van der Waals surface area contributed by atoms with Crippen molar-refractivity contribution in [1.29, 1.82) is 0 Å². The molecule has 6 N–H and O–H groups in total. The molecule has 0 unspecified atom stereocenters. The number of benzene rings is 2. The van der Waals surface area contributed by atoms with E-state index >= 15 is 0 Å². The minimum atomic E-state index is -1.62. The Morgan fingerprint density at radius 2 is 1.67 bits per heavy atom. The summed E-state index contributed by atoms with van der Waals surface area (Å²) in [6, 6.07) is 9.66. The van der Waals surface area contributed by atoms with Gasteiger partial charge in [0.1, 0.15) is 36.8 Å². The molecule has 5 atom stereocenters. The average Bonchev–Trinajstić information content (AvgIpc) is 2.74. The van der Waals surface area contributed by atoms with Gasteiger partial charge in [0.25, 0.3) is 0 Å². The van der Waals surface area contributed by atoms with Gasteiger partial charge in [0, 0.05) is 0 Å². The van der Waals surface area contributed by atoms with Crippen molar-refractivity contribution in [1.82, 2.24) is 0 Å². The van der Waals surface area contributed by atoms with E-state index in [0.717, 1.165) is 0 Å². The highest BCUT2D eigenvalue weighted by Crippen LogP contribution is 2.31. The molecule has 1 aliphatic rings. The van der Waals surface area contributed by atoms with Gasteiger partial charge in [0.15, 0.2) is 11.5 Å². The van der Waals surface area contributed by atoms with E-state index in [4.69, 9.17) is 14.2 Å². The highest BCUT2D eigenvalue weighted by Gasteiger charge is 2.44. The van der Waals surface area contributed by atoms with Crippen LogP contribution in [-0.4, -0.2) is 73.9 Å². The van der Waals surface area contributed by atoms with Gasteiger partial charge in [0.05, 0.1) is 12.2 Å². The largest absolute Gasteiger partial charge is 0.508 e. The van der Waals surface area contributed by atoms with Crippen LogP contribution in [0.2, 0.25) is 0 Å². The van der Waals surface area contributed by atoms with Gasteiger partial charge in [-0.05, 0) is 42.0 Å². The van der Waals surface area contributed by atoms with Crippen LogP contribution in [-0.2, 0) is 16.1 Å². The molecule has 0 amide bonds. The summed E-state index contributed by atoms with van der Waals surface area (Å²) < 4.78 is 15.7. The van der Waals surface area contributed by atoms with E-state index < -0.39 is 43.3 Å². The lowest BCUT2D eigenvalue weighted by Crippen LogP contribution is -2.60. The van der Waals surface area contributed by atoms with Crippen molar-refractivity contribution in [2.75, 3.05) is 6.61 Å². The van der Waals surface area contributed by atoms with E-state index in [9.17, 15) is 35.4 Å². The molecule has 10 nitrogen and oxygen atoms in total. The molecule has 0 saturated carbocycles. The third-order valence-electron chi connectivity index (χ3n) is 4.59. The number of aliphatic hydroxyl groups excluding tert-OH is 4. The summed E-state index contributed by atoms with van der Waals surface area (Å²) >= 11 is 0. The number of phenols is 2. The van der Waals surface area contributed by atoms with Crippen molar-refractivity contribution in [3.8, 4) is 17.2 Å². The fraction of sp³-hybridized carbons (Fsp3) is 0.350. The maximum Gasteiger partial charge on any atom is 0.338 e. The van der Waals surface area contributed by atoms with Crippen LogP contribution in [0.25, 0.3) is 0 Å². The van der Waals surface area contributed by atoms with Crippen LogP contribution in [0.3, 0.4) is 0 Å². The second-order valence-corrected chi connectivity index (χ2v) is 6.74. The number of rotatable bonds is 6. The van der Waals surface area contributed by atoms with Gasteiger partial charge < -0.3 is 44.8 Å². The molecule has 1 aliphatic heterocycles. The zero-order chi connectivity index (χ0) is 21.8. The third-order valence-corrected chi connectivity index (χ3v) is 4.59. The molecule has 1 heterocycles. The Morgan fingerprint density at radius 3 is 2.30 bits per heavy atom. The fourth-order valence-corrected chi connectivity index (χ4v) is 2.87. The number of phenolic OH excluding ortho intramolecular Hbond substituents is 2. The van der Waals surface area contributed by atoms with Gasteiger partial charge in [-0.2, -0.15) is 0 Å². The molecule has 0 aliphatic carbocycles. The average molecular weight is 422 g/mol. The predicted octanol–water partition coefficient (Wildman–Crippen LogP) is -0.367. The number of aromatic hydroxyl groups is 2. The van der Waals surface area contributed by atoms with Gasteiger partial charge in [-0.25, -0.2) is 4.79 Å². The van der Waals surface area contributed by atoms with Gasteiger partial charge in [-0.1, -0.05) is 6.07 Å². The molecule has 3 rings (SSSR count). The molecule has 0 aromatic heterocycles. The summed E-state index contributed by atoms with van der Waals surface area (Å²) in [7, 11) is 0. The van der Waals surface area contributed by atoms with E-state index in [-0.39, 0.29) is 29.4 Å². The van der Waals surface area contributed by atoms with E-state index in [2.05, 4.69) is 0 Å². The second kappa shape index (κ2) is 9.28. The van der Waals surface area contributed by atoms with Crippen LogP contribution in [0, 0.1) is 0 Å². The van der Waals surface area contributed by atoms with Crippen molar-refractivity contribution in [3.05, 3.63) is 53.6 Å². The number of aliphatic hydroxyl groups is 4. The van der Waals surface area contributed by atoms with Crippen LogP contribution >= 0.6 is 0 Å². The molecule has 1 fully saturated rings. The first-order chi connectivity index (χ1) is 14.3. The number of carbonyl (C=O) groups excluding carboxylic acids is 1. The zero-order valence-electron chi connectivity index (χ0n) is 15.7. The van der Waals surface area contributed by atoms with E-state index in [1.807, 2.05) is 0 Å². The normalized spacial score (nSPS) is 26.2. The van der Waals surface area contributed by atoms with Gasteiger partial charge in [0.2, 0.25) is 6.29 Å². The van der Waals surface area contributed by atoms with Crippen molar-refractivity contribution in [2.45, 2.75) is 37.3 Å². The molecular formula is C20H22O10. The SMILES string of the molecule is O=C(OCc1ccc(O[C@H]2O[C@H](CO)[C@@H](O)[C@H](O)[C@H]2O)c(O)c1)c1ccc(O)cc1. The molecule has 2 aromatic carbocycles. The Hall–Kier alpha value is -2.89. The van der Waals surface area contributed by atoms with E-state index in [0.29, 0.717) is 5.56 Å². The van der Waals surface area contributed by atoms with Gasteiger partial charge in [-0.3, -0.25) is 0 Å². The molecule has 0 bridgehead atoms. The monoisotopic (exact) mass is 422 g/mol. The summed E-state index contributed by atoms with van der Waals surface area (Å²) in [5, 5.41) is 58.2. The van der Waals surface area contributed by atoms with Crippen LogP contribution in [0.1, 0.15) is 15.9 Å². The number of esters is 1. The quantitative estimate of drug-likeness (QED) is 0.338. The van der Waals surface area contributed by atoms with Crippen LogP contribution in [0.5, 0.6) is 17.2 Å². The first kappa shape index (κ1) is 21.8. The molecular weight excluding hydrogens is 400 g/mol. The van der Waals surface area contributed by atoms with Crippen LogP contribution < -0.4 is 4.74 Å². The summed E-state index contributed by atoms with van der Waals surface area (Å²) in [6.45, 7) is -0.754. The molecule has 0 radical (unpaired) electrons. The van der Waals surface area contributed by atoms with E-state index in [1.165, 1.54) is 42.5 Å².